The summed E-state index contributed by atoms with van der Waals surface area (Å²) in [6, 6.07) is 15.2. The Bertz CT molecular complexity index is 1030. The van der Waals surface area contributed by atoms with Crippen LogP contribution in [0.1, 0.15) is 23.6 Å². The highest BCUT2D eigenvalue weighted by Crippen LogP contribution is 2.31. The van der Waals surface area contributed by atoms with Crippen LogP contribution in [0.2, 0.25) is 0 Å². The Morgan fingerprint density at radius 1 is 1.18 bits per heavy atom. The van der Waals surface area contributed by atoms with Crippen molar-refractivity contribution in [3.8, 4) is 23.4 Å². The van der Waals surface area contributed by atoms with Crippen LogP contribution in [0.3, 0.4) is 0 Å². The first-order chi connectivity index (χ1) is 13.5. The number of hydrogen-bond acceptors (Lipinski definition) is 4. The molecule has 0 fully saturated rings. The summed E-state index contributed by atoms with van der Waals surface area (Å²) >= 11 is 0. The summed E-state index contributed by atoms with van der Waals surface area (Å²) in [6.45, 7) is 7.00. The van der Waals surface area contributed by atoms with Crippen molar-refractivity contribution in [2.24, 2.45) is 4.99 Å². The van der Waals surface area contributed by atoms with E-state index in [1.807, 2.05) is 68.7 Å². The summed E-state index contributed by atoms with van der Waals surface area (Å²) in [7, 11) is 1.99. The van der Waals surface area contributed by atoms with Gasteiger partial charge >= 0.3 is 0 Å². The molecular formula is C22H23N5O. The van der Waals surface area contributed by atoms with Gasteiger partial charge in [0.05, 0.1) is 29.3 Å². The van der Waals surface area contributed by atoms with E-state index >= 15 is 0 Å². The molecule has 0 spiro atoms. The molecule has 3 rings (SSSR count). The van der Waals surface area contributed by atoms with Crippen LogP contribution in [0.15, 0.2) is 53.7 Å². The summed E-state index contributed by atoms with van der Waals surface area (Å²) < 4.78 is 7.71. The molecule has 142 valence electrons. The lowest BCUT2D eigenvalue weighted by molar-refractivity contribution is 0.454. The van der Waals surface area contributed by atoms with E-state index in [1.54, 1.807) is 16.8 Å². The number of rotatable bonds is 6. The lowest BCUT2D eigenvalue weighted by atomic mass is 10.1. The fourth-order valence-corrected chi connectivity index (χ4v) is 2.57. The van der Waals surface area contributed by atoms with Gasteiger partial charge in [-0.05, 0) is 68.3 Å². The van der Waals surface area contributed by atoms with Gasteiger partial charge in [-0.3, -0.25) is 0 Å². The van der Waals surface area contributed by atoms with Crippen molar-refractivity contribution in [2.75, 3.05) is 13.6 Å². The molecule has 1 aromatic heterocycles. The normalized spacial score (nSPS) is 10.8. The van der Waals surface area contributed by atoms with Gasteiger partial charge < -0.3 is 9.64 Å². The van der Waals surface area contributed by atoms with E-state index in [4.69, 9.17) is 10.00 Å². The number of aromatic nitrogens is 2. The first-order valence-electron chi connectivity index (χ1n) is 9.10. The maximum atomic E-state index is 8.91. The van der Waals surface area contributed by atoms with Crippen molar-refractivity contribution >= 4 is 12.0 Å². The van der Waals surface area contributed by atoms with Crippen LogP contribution in [0.5, 0.6) is 11.6 Å². The highest BCUT2D eigenvalue weighted by atomic mass is 16.5. The van der Waals surface area contributed by atoms with Gasteiger partial charge in [0.25, 0.3) is 0 Å². The predicted molar refractivity (Wildman–Crippen MR) is 111 cm³/mol. The monoisotopic (exact) mass is 373 g/mol. The van der Waals surface area contributed by atoms with Crippen LogP contribution in [-0.4, -0.2) is 34.6 Å². The third-order valence-electron chi connectivity index (χ3n) is 4.43. The Kier molecular flexibility index (Phi) is 5.75. The lowest BCUT2D eigenvalue weighted by Crippen LogP contribution is -2.14. The third kappa shape index (κ3) is 4.38. The molecule has 0 aliphatic heterocycles. The summed E-state index contributed by atoms with van der Waals surface area (Å²) in [5, 5.41) is 13.4. The van der Waals surface area contributed by atoms with Crippen LogP contribution in [0, 0.1) is 25.2 Å². The molecule has 0 N–H and O–H groups in total. The zero-order valence-electron chi connectivity index (χ0n) is 16.5. The first kappa shape index (κ1) is 19.2. The first-order valence-corrected chi connectivity index (χ1v) is 9.10. The smallest absolute Gasteiger partial charge is 0.238 e. The molecule has 1 heterocycles. The average Bonchev–Trinajstić information content (AvgIpc) is 3.17. The predicted octanol–water partition coefficient (Wildman–Crippen LogP) is 4.76. The fraction of sp³-hybridized carbons (Fsp3) is 0.227. The van der Waals surface area contributed by atoms with Gasteiger partial charge in [-0.25, -0.2) is 9.67 Å². The summed E-state index contributed by atoms with van der Waals surface area (Å²) in [4.78, 5) is 6.57. The highest BCUT2D eigenvalue weighted by Gasteiger charge is 2.09. The Hall–Kier alpha value is -3.59. The second kappa shape index (κ2) is 8.40. The molecule has 0 radical (unpaired) electrons. The molecule has 28 heavy (non-hydrogen) atoms. The minimum atomic E-state index is 0.508. The Labute approximate surface area is 165 Å². The van der Waals surface area contributed by atoms with Gasteiger partial charge in [-0.2, -0.15) is 5.26 Å². The number of aryl methyl sites for hydroxylation is 2. The average molecular weight is 373 g/mol. The number of nitrogens with zero attached hydrogens (tertiary/aromatic N) is 5. The minimum absolute atomic E-state index is 0.508. The molecule has 0 amide bonds. The van der Waals surface area contributed by atoms with Gasteiger partial charge in [0.15, 0.2) is 0 Å². The maximum Gasteiger partial charge on any atom is 0.238 e. The fourth-order valence-electron chi connectivity index (χ4n) is 2.57. The Balaban J connectivity index is 1.78. The van der Waals surface area contributed by atoms with Crippen LogP contribution < -0.4 is 4.74 Å². The maximum absolute atomic E-state index is 8.91. The number of ether oxygens (including phenoxy) is 1. The molecule has 0 saturated carbocycles. The van der Waals surface area contributed by atoms with Crippen molar-refractivity contribution in [3.05, 3.63) is 65.4 Å². The van der Waals surface area contributed by atoms with E-state index in [0.29, 0.717) is 11.4 Å². The quantitative estimate of drug-likeness (QED) is 0.461. The van der Waals surface area contributed by atoms with Crippen LogP contribution in [-0.2, 0) is 0 Å². The lowest BCUT2D eigenvalue weighted by Gasteiger charge is -2.11. The van der Waals surface area contributed by atoms with E-state index in [-0.39, 0.29) is 0 Å². The van der Waals surface area contributed by atoms with Gasteiger partial charge in [0.2, 0.25) is 5.88 Å². The van der Waals surface area contributed by atoms with Gasteiger partial charge in [-0.15, -0.1) is 5.10 Å². The molecule has 0 bridgehead atoms. The second-order valence-electron chi connectivity index (χ2n) is 6.58. The van der Waals surface area contributed by atoms with E-state index in [0.717, 1.165) is 34.8 Å². The zero-order chi connectivity index (χ0) is 20.1. The van der Waals surface area contributed by atoms with E-state index in [2.05, 4.69) is 23.1 Å². The molecule has 0 aliphatic rings. The van der Waals surface area contributed by atoms with Crippen LogP contribution >= 0.6 is 0 Å². The second-order valence-corrected chi connectivity index (χ2v) is 6.58. The SMILES string of the molecule is CCN(C)/C=N/c1cc(C)c(Oc2ccn(-c3ccc(C#N)cc3)n2)cc1C. The number of hydrogen-bond donors (Lipinski definition) is 0. The molecule has 0 aliphatic carbocycles. The number of benzene rings is 2. The van der Waals surface area contributed by atoms with Gasteiger partial charge in [0.1, 0.15) is 5.75 Å². The number of nitriles is 1. The molecule has 0 atom stereocenters. The molecule has 0 unspecified atom stereocenters. The topological polar surface area (TPSA) is 66.4 Å². The molecule has 2 aromatic carbocycles. The standard InChI is InChI=1S/C22H23N5O/c1-5-26(4)15-24-20-12-17(3)21(13-16(20)2)28-22-10-11-27(25-22)19-8-6-18(14-23)7-9-19/h6-13,15H,5H2,1-4H3/b24-15+. The van der Waals surface area contributed by atoms with Crippen molar-refractivity contribution in [2.45, 2.75) is 20.8 Å². The van der Waals surface area contributed by atoms with Gasteiger partial charge in [0, 0.05) is 25.9 Å². The summed E-state index contributed by atoms with van der Waals surface area (Å²) in [5.74, 6) is 1.26. The Morgan fingerprint density at radius 3 is 2.61 bits per heavy atom. The summed E-state index contributed by atoms with van der Waals surface area (Å²) in [6.07, 6.45) is 3.67. The minimum Gasteiger partial charge on any atom is -0.437 e. The molecular weight excluding hydrogens is 350 g/mol. The van der Waals surface area contributed by atoms with Gasteiger partial charge in [-0.1, -0.05) is 0 Å². The van der Waals surface area contributed by atoms with Crippen molar-refractivity contribution in [1.82, 2.24) is 14.7 Å². The van der Waals surface area contributed by atoms with E-state index in [1.165, 1.54) is 0 Å². The van der Waals surface area contributed by atoms with Crippen molar-refractivity contribution in [3.63, 3.8) is 0 Å². The van der Waals surface area contributed by atoms with E-state index < -0.39 is 0 Å². The largest absolute Gasteiger partial charge is 0.437 e. The molecule has 6 heteroatoms. The van der Waals surface area contributed by atoms with Crippen molar-refractivity contribution in [1.29, 1.82) is 5.26 Å². The number of aliphatic imine (C=N–C) groups is 1. The zero-order valence-corrected chi connectivity index (χ0v) is 16.5. The molecule has 3 aromatic rings. The third-order valence-corrected chi connectivity index (χ3v) is 4.43. The highest BCUT2D eigenvalue weighted by molar-refractivity contribution is 5.64. The van der Waals surface area contributed by atoms with E-state index in [9.17, 15) is 0 Å². The Morgan fingerprint density at radius 2 is 1.93 bits per heavy atom. The molecule has 6 nitrogen and oxygen atoms in total. The van der Waals surface area contributed by atoms with Crippen LogP contribution in [0.4, 0.5) is 5.69 Å². The van der Waals surface area contributed by atoms with Crippen molar-refractivity contribution < 1.29 is 4.74 Å². The molecule has 0 saturated heterocycles. The summed E-state index contributed by atoms with van der Waals surface area (Å²) in [5.41, 5.74) is 4.43. The van der Waals surface area contributed by atoms with Crippen LogP contribution in [0.25, 0.3) is 5.69 Å².